The molecule has 0 amide bonds. The number of aromatic nitrogens is 2. The van der Waals surface area contributed by atoms with Crippen molar-refractivity contribution in [3.63, 3.8) is 0 Å². The lowest BCUT2D eigenvalue weighted by molar-refractivity contribution is 0.181. The number of nitrogens with one attached hydrogen (secondary N) is 1. The minimum absolute atomic E-state index is 0.121. The molecule has 1 saturated carbocycles. The van der Waals surface area contributed by atoms with Crippen molar-refractivity contribution in [2.75, 3.05) is 19.0 Å². The maximum absolute atomic E-state index is 12.0. The summed E-state index contributed by atoms with van der Waals surface area (Å²) in [6, 6.07) is 0.465. The minimum atomic E-state index is -0.121. The van der Waals surface area contributed by atoms with Crippen molar-refractivity contribution in [2.45, 2.75) is 32.4 Å². The molecule has 1 N–H and O–H groups in total. The van der Waals surface area contributed by atoms with Crippen LogP contribution in [0, 0.1) is 5.92 Å². The Balaban J connectivity index is 2.08. The Morgan fingerprint density at radius 2 is 2.33 bits per heavy atom. The molecule has 1 aromatic heterocycles. The quantitative estimate of drug-likeness (QED) is 0.901. The van der Waals surface area contributed by atoms with Crippen molar-refractivity contribution >= 4 is 21.6 Å². The number of methoxy groups -OCH3 is 1. The first-order valence-electron chi connectivity index (χ1n) is 6.13. The van der Waals surface area contributed by atoms with Crippen LogP contribution in [0.3, 0.4) is 0 Å². The number of hydrogen-bond acceptors (Lipinski definition) is 4. The fourth-order valence-corrected chi connectivity index (χ4v) is 2.56. The fraction of sp³-hybridized carbons (Fsp3) is 0.667. The van der Waals surface area contributed by atoms with E-state index in [1.54, 1.807) is 13.3 Å². The Kier molecular flexibility index (Phi) is 4.40. The summed E-state index contributed by atoms with van der Waals surface area (Å²) < 4.78 is 6.90. The van der Waals surface area contributed by atoms with E-state index in [-0.39, 0.29) is 5.56 Å². The van der Waals surface area contributed by atoms with Crippen molar-refractivity contribution in [1.82, 2.24) is 9.78 Å². The van der Waals surface area contributed by atoms with Crippen molar-refractivity contribution in [1.29, 1.82) is 0 Å². The van der Waals surface area contributed by atoms with Gasteiger partial charge >= 0.3 is 0 Å². The van der Waals surface area contributed by atoms with Crippen LogP contribution in [0.4, 0.5) is 5.69 Å². The fourth-order valence-electron chi connectivity index (χ4n) is 2.14. The molecule has 1 heterocycles. The molecule has 2 rings (SSSR count). The molecule has 0 atom stereocenters. The van der Waals surface area contributed by atoms with E-state index in [1.165, 1.54) is 4.68 Å². The molecule has 0 aromatic carbocycles. The molecule has 5 nitrogen and oxygen atoms in total. The average Bonchev–Trinajstić information content (AvgIpc) is 2.32. The van der Waals surface area contributed by atoms with Crippen LogP contribution in [0.5, 0.6) is 0 Å². The number of rotatable bonds is 5. The largest absolute Gasteiger partial charge is 0.383 e. The number of nitrogens with zero attached hydrogens (tertiary/aromatic N) is 2. The molecule has 0 radical (unpaired) electrons. The van der Waals surface area contributed by atoms with E-state index >= 15 is 0 Å². The Labute approximate surface area is 115 Å². The van der Waals surface area contributed by atoms with Gasteiger partial charge in [0.05, 0.1) is 25.0 Å². The predicted octanol–water partition coefficient (Wildman–Crippen LogP) is 1.86. The summed E-state index contributed by atoms with van der Waals surface area (Å²) >= 11 is 3.34. The maximum Gasteiger partial charge on any atom is 0.283 e. The third-order valence-corrected chi connectivity index (χ3v) is 3.99. The zero-order chi connectivity index (χ0) is 13.1. The summed E-state index contributed by atoms with van der Waals surface area (Å²) in [5.74, 6) is 0.774. The summed E-state index contributed by atoms with van der Waals surface area (Å²) in [5, 5.41) is 7.49. The third kappa shape index (κ3) is 2.92. The number of anilines is 1. The van der Waals surface area contributed by atoms with Gasteiger partial charge in [-0.3, -0.25) is 4.79 Å². The lowest BCUT2D eigenvalue weighted by Gasteiger charge is -2.34. The molecule has 1 aliphatic rings. The Morgan fingerprint density at radius 1 is 1.61 bits per heavy atom. The molecule has 1 aromatic rings. The van der Waals surface area contributed by atoms with Crippen LogP contribution in [-0.2, 0) is 11.3 Å². The van der Waals surface area contributed by atoms with E-state index in [9.17, 15) is 4.79 Å². The van der Waals surface area contributed by atoms with Gasteiger partial charge < -0.3 is 10.1 Å². The molecule has 100 valence electrons. The second-order valence-corrected chi connectivity index (χ2v) is 5.60. The molecule has 6 heteroatoms. The molecule has 1 aliphatic carbocycles. The lowest BCUT2D eigenvalue weighted by atomic mass is 9.82. The zero-order valence-corrected chi connectivity index (χ0v) is 12.2. The van der Waals surface area contributed by atoms with Gasteiger partial charge in [-0.1, -0.05) is 6.92 Å². The molecule has 0 unspecified atom stereocenters. The summed E-state index contributed by atoms with van der Waals surface area (Å²) in [6.07, 6.45) is 4.00. The van der Waals surface area contributed by atoms with E-state index in [1.807, 2.05) is 0 Å². The average molecular weight is 316 g/mol. The van der Waals surface area contributed by atoms with Crippen LogP contribution >= 0.6 is 15.9 Å². The van der Waals surface area contributed by atoms with Gasteiger partial charge in [0.25, 0.3) is 5.56 Å². The monoisotopic (exact) mass is 315 g/mol. The number of hydrogen-bond donors (Lipinski definition) is 1. The smallest absolute Gasteiger partial charge is 0.283 e. The van der Waals surface area contributed by atoms with E-state index in [0.717, 1.165) is 24.4 Å². The molecular formula is C12H18BrN3O2. The van der Waals surface area contributed by atoms with E-state index in [2.05, 4.69) is 33.3 Å². The van der Waals surface area contributed by atoms with Gasteiger partial charge in [-0.05, 0) is 34.7 Å². The summed E-state index contributed by atoms with van der Waals surface area (Å²) in [6.45, 7) is 3.18. The van der Waals surface area contributed by atoms with Gasteiger partial charge in [0.1, 0.15) is 4.47 Å². The molecular weight excluding hydrogens is 298 g/mol. The first kappa shape index (κ1) is 13.5. The van der Waals surface area contributed by atoms with E-state index < -0.39 is 0 Å². The maximum atomic E-state index is 12.0. The zero-order valence-electron chi connectivity index (χ0n) is 10.6. The van der Waals surface area contributed by atoms with E-state index in [0.29, 0.717) is 23.7 Å². The van der Waals surface area contributed by atoms with Gasteiger partial charge in [-0.2, -0.15) is 5.10 Å². The number of halogens is 1. The molecule has 0 spiro atoms. The van der Waals surface area contributed by atoms with Crippen molar-refractivity contribution in [3.8, 4) is 0 Å². The van der Waals surface area contributed by atoms with Gasteiger partial charge in [0.2, 0.25) is 0 Å². The second kappa shape index (κ2) is 5.84. The molecule has 1 fully saturated rings. The minimum Gasteiger partial charge on any atom is -0.383 e. The molecule has 0 aliphatic heterocycles. The SMILES string of the molecule is COCCn1ncc(NC2CC(C)C2)c(Br)c1=O. The normalized spacial score (nSPS) is 22.6. The van der Waals surface area contributed by atoms with Crippen molar-refractivity contribution in [2.24, 2.45) is 5.92 Å². The number of ether oxygens (including phenoxy) is 1. The first-order valence-corrected chi connectivity index (χ1v) is 6.92. The lowest BCUT2D eigenvalue weighted by Crippen LogP contribution is -2.35. The third-order valence-electron chi connectivity index (χ3n) is 3.23. The van der Waals surface area contributed by atoms with Gasteiger partial charge in [0.15, 0.2) is 0 Å². The highest BCUT2D eigenvalue weighted by Gasteiger charge is 2.26. The highest BCUT2D eigenvalue weighted by atomic mass is 79.9. The molecule has 0 saturated heterocycles. The van der Waals surface area contributed by atoms with Crippen molar-refractivity contribution in [3.05, 3.63) is 21.0 Å². The predicted molar refractivity (Wildman–Crippen MR) is 73.9 cm³/mol. The van der Waals surface area contributed by atoms with Gasteiger partial charge in [-0.15, -0.1) is 0 Å². The first-order chi connectivity index (χ1) is 8.61. The summed E-state index contributed by atoms with van der Waals surface area (Å²) in [4.78, 5) is 12.0. The topological polar surface area (TPSA) is 56.1 Å². The van der Waals surface area contributed by atoms with Crippen LogP contribution in [-0.4, -0.2) is 29.5 Å². The molecule has 0 bridgehead atoms. The van der Waals surface area contributed by atoms with Crippen LogP contribution in [0.2, 0.25) is 0 Å². The Bertz CT molecular complexity index is 469. The van der Waals surface area contributed by atoms with Crippen LogP contribution in [0.25, 0.3) is 0 Å². The Hall–Kier alpha value is -0.880. The van der Waals surface area contributed by atoms with Crippen LogP contribution < -0.4 is 10.9 Å². The second-order valence-electron chi connectivity index (χ2n) is 4.81. The van der Waals surface area contributed by atoms with Crippen molar-refractivity contribution < 1.29 is 4.74 Å². The Morgan fingerprint density at radius 3 is 2.94 bits per heavy atom. The highest BCUT2D eigenvalue weighted by molar-refractivity contribution is 9.10. The van der Waals surface area contributed by atoms with Crippen LogP contribution in [0.1, 0.15) is 19.8 Å². The highest BCUT2D eigenvalue weighted by Crippen LogP contribution is 2.30. The molecule has 18 heavy (non-hydrogen) atoms. The van der Waals surface area contributed by atoms with E-state index in [4.69, 9.17) is 4.74 Å². The van der Waals surface area contributed by atoms with Gasteiger partial charge in [0, 0.05) is 13.2 Å². The summed E-state index contributed by atoms with van der Waals surface area (Å²) in [5.41, 5.74) is 0.662. The van der Waals surface area contributed by atoms with Crippen LogP contribution in [0.15, 0.2) is 15.5 Å². The van der Waals surface area contributed by atoms with Gasteiger partial charge in [-0.25, -0.2) is 4.68 Å². The summed E-state index contributed by atoms with van der Waals surface area (Å²) in [7, 11) is 1.60. The standard InChI is InChI=1S/C12H18BrN3O2/c1-8-5-9(6-8)15-10-7-14-16(3-4-18-2)12(17)11(10)13/h7-9,15H,3-6H2,1-2H3.